The first-order chi connectivity index (χ1) is 11.5. The molecule has 2 heterocycles. The van der Waals surface area contributed by atoms with Crippen molar-refractivity contribution >= 4 is 29.4 Å². The molecule has 1 saturated heterocycles. The lowest BCUT2D eigenvalue weighted by atomic mass is 9.94. The maximum Gasteiger partial charge on any atom is 0.409 e. The van der Waals surface area contributed by atoms with Crippen molar-refractivity contribution in [2.24, 2.45) is 10.7 Å². The number of ether oxygens (including phenoxy) is 1. The van der Waals surface area contributed by atoms with E-state index in [4.69, 9.17) is 10.5 Å². The third kappa shape index (κ3) is 3.28. The average Bonchev–Trinajstić information content (AvgIpc) is 2.55. The van der Waals surface area contributed by atoms with Gasteiger partial charge in [0.15, 0.2) is 0 Å². The number of aliphatic imine (C=N–C) groups is 1. The van der Waals surface area contributed by atoms with Crippen LogP contribution in [0.4, 0.5) is 14.9 Å². The molecule has 1 aromatic carbocycles. The highest BCUT2D eigenvalue weighted by Crippen LogP contribution is 2.35. The van der Waals surface area contributed by atoms with Crippen LogP contribution in [-0.2, 0) is 4.74 Å². The van der Waals surface area contributed by atoms with Crippen molar-refractivity contribution < 1.29 is 13.9 Å². The molecule has 0 saturated carbocycles. The van der Waals surface area contributed by atoms with Crippen LogP contribution in [0.5, 0.6) is 0 Å². The average molecular weight is 352 g/mol. The quantitative estimate of drug-likeness (QED) is 0.816. The molecule has 3 N–H and O–H groups in total. The molecule has 6 nitrogen and oxygen atoms in total. The first-order valence-corrected chi connectivity index (χ1v) is 9.27. The fourth-order valence-corrected chi connectivity index (χ4v) is 3.30. The second kappa shape index (κ2) is 6.88. The monoisotopic (exact) mass is 352 g/mol. The van der Waals surface area contributed by atoms with E-state index in [1.807, 2.05) is 6.26 Å². The number of carbonyl (C=O) groups excluding carboxylic acids is 1. The molecule has 1 fully saturated rings. The zero-order valence-corrected chi connectivity index (χ0v) is 14.4. The summed E-state index contributed by atoms with van der Waals surface area (Å²) >= 11 is 1.63. The molecular weight excluding hydrogens is 331 g/mol. The van der Waals surface area contributed by atoms with Crippen molar-refractivity contribution in [3.63, 3.8) is 0 Å². The highest BCUT2D eigenvalue weighted by atomic mass is 32.2. The van der Waals surface area contributed by atoms with Gasteiger partial charge in [-0.1, -0.05) is 6.07 Å². The van der Waals surface area contributed by atoms with Crippen LogP contribution in [0.25, 0.3) is 0 Å². The molecule has 0 aromatic heterocycles. The minimum absolute atomic E-state index is 0.206. The number of fused-ring (bicyclic) bond motifs is 1. The Morgan fingerprint density at radius 2 is 2.25 bits per heavy atom. The zero-order valence-electron chi connectivity index (χ0n) is 13.5. The number of benzene rings is 1. The predicted molar refractivity (Wildman–Crippen MR) is 94.0 cm³/mol. The van der Waals surface area contributed by atoms with Gasteiger partial charge in [0.1, 0.15) is 23.9 Å². The number of amidine groups is 1. The number of carbonyl (C=O) groups is 1. The number of rotatable bonds is 3. The van der Waals surface area contributed by atoms with Crippen LogP contribution in [0.15, 0.2) is 23.2 Å². The number of likely N-dealkylation sites (tertiary alicyclic amines) is 1. The fourth-order valence-electron chi connectivity index (χ4n) is 3.05. The molecule has 3 rings (SSSR count). The summed E-state index contributed by atoms with van der Waals surface area (Å²) in [5.41, 5.74) is 6.38. The first-order valence-electron chi connectivity index (χ1n) is 7.88. The van der Waals surface area contributed by atoms with Crippen LogP contribution in [-0.4, -0.2) is 54.2 Å². The largest absolute Gasteiger partial charge is 0.449 e. The molecule has 0 unspecified atom stereocenters. The second-order valence-corrected chi connectivity index (χ2v) is 6.90. The van der Waals surface area contributed by atoms with E-state index in [1.165, 1.54) is 6.07 Å². The molecule has 2 aliphatic heterocycles. The lowest BCUT2D eigenvalue weighted by Gasteiger charge is -2.42. The Morgan fingerprint density at radius 3 is 2.96 bits per heavy atom. The number of hydrogen-bond acceptors (Lipinski definition) is 6. The number of anilines is 1. The highest BCUT2D eigenvalue weighted by Gasteiger charge is 2.39. The lowest BCUT2D eigenvalue weighted by Crippen LogP contribution is -2.52. The predicted octanol–water partition coefficient (Wildman–Crippen LogP) is 2.25. The van der Waals surface area contributed by atoms with Crippen LogP contribution < -0.4 is 11.1 Å². The van der Waals surface area contributed by atoms with Gasteiger partial charge >= 0.3 is 6.09 Å². The minimum atomic E-state index is -0.582. The summed E-state index contributed by atoms with van der Waals surface area (Å²) < 4.78 is 19.1. The summed E-state index contributed by atoms with van der Waals surface area (Å²) in [6.45, 7) is 1.46. The summed E-state index contributed by atoms with van der Waals surface area (Å²) in [7, 11) is 0. The molecule has 24 heavy (non-hydrogen) atoms. The Kier molecular flexibility index (Phi) is 4.84. The lowest BCUT2D eigenvalue weighted by molar-refractivity contribution is 0.0913. The second-order valence-electron chi connectivity index (χ2n) is 5.91. The van der Waals surface area contributed by atoms with E-state index in [1.54, 1.807) is 28.8 Å². The van der Waals surface area contributed by atoms with E-state index in [-0.39, 0.29) is 17.7 Å². The van der Waals surface area contributed by atoms with Gasteiger partial charge in [0.05, 0.1) is 5.56 Å². The Balaban J connectivity index is 1.67. The van der Waals surface area contributed by atoms with E-state index in [0.29, 0.717) is 43.8 Å². The molecule has 1 aromatic rings. The van der Waals surface area contributed by atoms with Crippen molar-refractivity contribution in [2.75, 3.05) is 37.0 Å². The van der Waals surface area contributed by atoms with Crippen molar-refractivity contribution in [2.45, 2.75) is 18.5 Å². The standard InChI is InChI=1S/C16H21FN4O2S/c1-24-10-9-23-15(22)21-7-5-16(6-8-21)19-12-4-2-3-11(17)13(12)14(18)20-16/h2-4,19H,5-10H2,1H3,(H2,18,20). The molecule has 8 heteroatoms. The van der Waals surface area contributed by atoms with Gasteiger partial charge in [0, 0.05) is 37.4 Å². The third-order valence-corrected chi connectivity index (χ3v) is 4.91. The summed E-state index contributed by atoms with van der Waals surface area (Å²) in [6.07, 6.45) is 2.87. The molecule has 0 radical (unpaired) electrons. The molecule has 130 valence electrons. The maximum atomic E-state index is 13.9. The van der Waals surface area contributed by atoms with E-state index >= 15 is 0 Å². The number of hydrogen-bond donors (Lipinski definition) is 2. The summed E-state index contributed by atoms with van der Waals surface area (Å²) in [5.74, 6) is 0.609. The van der Waals surface area contributed by atoms with Crippen molar-refractivity contribution in [1.82, 2.24) is 4.90 Å². The van der Waals surface area contributed by atoms with E-state index in [9.17, 15) is 9.18 Å². The van der Waals surface area contributed by atoms with Gasteiger partial charge in [0.25, 0.3) is 0 Å². The number of piperidine rings is 1. The Labute approximate surface area is 144 Å². The Morgan fingerprint density at radius 1 is 1.50 bits per heavy atom. The number of thioether (sulfide) groups is 1. The molecule has 0 aliphatic carbocycles. The van der Waals surface area contributed by atoms with Gasteiger partial charge in [-0.2, -0.15) is 11.8 Å². The summed E-state index contributed by atoms with van der Waals surface area (Å²) in [4.78, 5) is 18.2. The van der Waals surface area contributed by atoms with Gasteiger partial charge in [-0.25, -0.2) is 14.2 Å². The highest BCUT2D eigenvalue weighted by molar-refractivity contribution is 7.98. The van der Waals surface area contributed by atoms with Crippen molar-refractivity contribution in [3.8, 4) is 0 Å². The number of amides is 1. The zero-order chi connectivity index (χ0) is 17.2. The van der Waals surface area contributed by atoms with Crippen molar-refractivity contribution in [3.05, 3.63) is 29.6 Å². The fraction of sp³-hybridized carbons (Fsp3) is 0.500. The van der Waals surface area contributed by atoms with Gasteiger partial charge in [0.2, 0.25) is 0 Å². The molecule has 1 spiro atoms. The topological polar surface area (TPSA) is 80.0 Å². The minimum Gasteiger partial charge on any atom is -0.449 e. The number of nitrogens with zero attached hydrogens (tertiary/aromatic N) is 2. The Hall–Kier alpha value is -1.96. The third-order valence-electron chi connectivity index (χ3n) is 4.33. The normalized spacial score (nSPS) is 18.6. The van der Waals surface area contributed by atoms with Crippen LogP contribution in [0.1, 0.15) is 18.4 Å². The van der Waals surface area contributed by atoms with Crippen molar-refractivity contribution in [1.29, 1.82) is 0 Å². The molecule has 2 aliphatic rings. The summed E-state index contributed by atoms with van der Waals surface area (Å²) in [6, 6.07) is 4.81. The molecule has 1 amide bonds. The first kappa shape index (κ1) is 16.9. The number of nitrogens with two attached hydrogens (primary N) is 1. The number of nitrogens with one attached hydrogen (secondary N) is 1. The molecule has 0 atom stereocenters. The van der Waals surface area contributed by atoms with E-state index in [0.717, 1.165) is 5.75 Å². The Bertz CT molecular complexity index is 659. The van der Waals surface area contributed by atoms with Gasteiger partial charge in [-0.3, -0.25) is 0 Å². The van der Waals surface area contributed by atoms with E-state index in [2.05, 4.69) is 10.3 Å². The van der Waals surface area contributed by atoms with Crippen LogP contribution >= 0.6 is 11.8 Å². The van der Waals surface area contributed by atoms with Gasteiger partial charge < -0.3 is 20.7 Å². The molecular formula is C16H21FN4O2S. The van der Waals surface area contributed by atoms with Crippen LogP contribution in [0, 0.1) is 5.82 Å². The SMILES string of the molecule is CSCCOC(=O)N1CCC2(CC1)N=C(N)c1c(F)cccc1N2. The smallest absolute Gasteiger partial charge is 0.409 e. The van der Waals surface area contributed by atoms with Crippen LogP contribution in [0.3, 0.4) is 0 Å². The number of halogens is 1. The summed E-state index contributed by atoms with van der Waals surface area (Å²) in [5, 5.41) is 3.31. The van der Waals surface area contributed by atoms with E-state index < -0.39 is 5.66 Å². The maximum absolute atomic E-state index is 13.9. The van der Waals surface area contributed by atoms with Gasteiger partial charge in [-0.05, 0) is 18.4 Å². The molecule has 0 bridgehead atoms. The van der Waals surface area contributed by atoms with Gasteiger partial charge in [-0.15, -0.1) is 0 Å². The van der Waals surface area contributed by atoms with Crippen LogP contribution in [0.2, 0.25) is 0 Å².